The van der Waals surface area contributed by atoms with Gasteiger partial charge in [-0.3, -0.25) is 9.59 Å². The lowest BCUT2D eigenvalue weighted by atomic mass is 10.0. The van der Waals surface area contributed by atoms with Gasteiger partial charge in [-0.1, -0.05) is 23.7 Å². The summed E-state index contributed by atoms with van der Waals surface area (Å²) in [6, 6.07) is 17.5. The Morgan fingerprint density at radius 2 is 1.88 bits per heavy atom. The minimum atomic E-state index is -0.770. The van der Waals surface area contributed by atoms with Crippen LogP contribution in [0.2, 0.25) is 5.02 Å². The minimum absolute atomic E-state index is 0.121. The topological polar surface area (TPSA) is 78.3 Å². The Bertz CT molecular complexity index is 1380. The number of nitrogens with zero attached hydrogens (tertiary/aromatic N) is 1. The second-order valence-electron chi connectivity index (χ2n) is 7.10. The molecule has 3 heterocycles. The highest BCUT2D eigenvalue weighted by atomic mass is 35.5. The number of ketones is 1. The summed E-state index contributed by atoms with van der Waals surface area (Å²) in [6.45, 7) is 0.121. The molecule has 1 N–H and O–H groups in total. The summed E-state index contributed by atoms with van der Waals surface area (Å²) in [5, 5.41) is 3.06. The number of methoxy groups -OCH3 is 1. The highest BCUT2D eigenvalue weighted by Gasteiger charge is 2.26. The van der Waals surface area contributed by atoms with E-state index in [0.29, 0.717) is 39.1 Å². The number of hydrogen-bond acceptors (Lipinski definition) is 5. The van der Waals surface area contributed by atoms with Gasteiger partial charge in [0, 0.05) is 29.0 Å². The smallest absolute Gasteiger partial charge is 0.298 e. The fraction of sp³-hybridized carbons (Fsp3) is 0.0833. The summed E-state index contributed by atoms with van der Waals surface area (Å²) in [4.78, 5) is 26.2. The van der Waals surface area contributed by atoms with Crippen LogP contribution in [0.1, 0.15) is 10.5 Å². The van der Waals surface area contributed by atoms with Crippen molar-refractivity contribution in [2.75, 3.05) is 19.2 Å². The van der Waals surface area contributed by atoms with E-state index in [1.807, 2.05) is 18.2 Å². The minimum Gasteiger partial charge on any atom is -0.495 e. The highest BCUT2D eigenvalue weighted by molar-refractivity contribution is 6.47. The number of hydrogen-bond donors (Lipinski definition) is 1. The van der Waals surface area contributed by atoms with Crippen LogP contribution in [0.25, 0.3) is 16.6 Å². The van der Waals surface area contributed by atoms with Crippen molar-refractivity contribution in [3.8, 4) is 28.4 Å². The van der Waals surface area contributed by atoms with Crippen LogP contribution in [-0.4, -0.2) is 30.0 Å². The normalized spacial score (nSPS) is 12.1. The zero-order chi connectivity index (χ0) is 22.2. The van der Waals surface area contributed by atoms with Crippen LogP contribution in [0.4, 0.5) is 5.69 Å². The largest absolute Gasteiger partial charge is 0.495 e. The van der Waals surface area contributed by atoms with E-state index in [9.17, 15) is 9.59 Å². The molecule has 1 aliphatic rings. The zero-order valence-electron chi connectivity index (χ0n) is 16.9. The number of ether oxygens (including phenoxy) is 3. The molecule has 8 heteroatoms. The predicted molar refractivity (Wildman–Crippen MR) is 120 cm³/mol. The molecule has 0 saturated heterocycles. The fourth-order valence-electron chi connectivity index (χ4n) is 3.68. The summed E-state index contributed by atoms with van der Waals surface area (Å²) in [5.41, 5.74) is 2.72. The third kappa shape index (κ3) is 3.42. The molecule has 2 aromatic carbocycles. The molecule has 2 aromatic heterocycles. The van der Waals surface area contributed by atoms with Gasteiger partial charge in [0.25, 0.3) is 11.7 Å². The van der Waals surface area contributed by atoms with Crippen LogP contribution in [0.5, 0.6) is 17.2 Å². The molecule has 0 saturated carbocycles. The molecule has 0 radical (unpaired) electrons. The lowest BCUT2D eigenvalue weighted by molar-refractivity contribution is -0.112. The monoisotopic (exact) mass is 448 g/mol. The first kappa shape index (κ1) is 20.0. The van der Waals surface area contributed by atoms with E-state index in [1.165, 1.54) is 7.11 Å². The zero-order valence-corrected chi connectivity index (χ0v) is 17.7. The van der Waals surface area contributed by atoms with Gasteiger partial charge in [-0.2, -0.15) is 0 Å². The van der Waals surface area contributed by atoms with Gasteiger partial charge in [0.1, 0.15) is 11.4 Å². The van der Waals surface area contributed by atoms with Crippen molar-refractivity contribution in [1.82, 2.24) is 4.40 Å². The van der Waals surface area contributed by atoms with Gasteiger partial charge >= 0.3 is 0 Å². The SMILES string of the molecule is COc1ccc(-c2cc3ccccn3c2C(=O)C(=O)Nc2ccc3c(c2)OCO3)cc1Cl. The van der Waals surface area contributed by atoms with E-state index in [-0.39, 0.29) is 12.5 Å². The van der Waals surface area contributed by atoms with Crippen molar-refractivity contribution in [2.24, 2.45) is 0 Å². The number of Topliss-reactive ketones (excluding diaryl/α,β-unsaturated/α-hetero) is 1. The first-order valence-corrected chi connectivity index (χ1v) is 10.1. The number of anilines is 1. The molecule has 4 aromatic rings. The van der Waals surface area contributed by atoms with Crippen molar-refractivity contribution in [3.63, 3.8) is 0 Å². The molecule has 7 nitrogen and oxygen atoms in total. The fourth-order valence-corrected chi connectivity index (χ4v) is 3.94. The summed E-state index contributed by atoms with van der Waals surface area (Å²) < 4.78 is 17.5. The second-order valence-corrected chi connectivity index (χ2v) is 7.51. The van der Waals surface area contributed by atoms with Gasteiger partial charge in [-0.25, -0.2) is 0 Å². The van der Waals surface area contributed by atoms with Crippen molar-refractivity contribution < 1.29 is 23.8 Å². The summed E-state index contributed by atoms with van der Waals surface area (Å²) >= 11 is 6.31. The number of pyridine rings is 1. The lowest BCUT2D eigenvalue weighted by Crippen LogP contribution is -2.24. The molecular weight excluding hydrogens is 432 g/mol. The maximum absolute atomic E-state index is 13.3. The lowest BCUT2D eigenvalue weighted by Gasteiger charge is -2.09. The molecule has 5 rings (SSSR count). The first-order chi connectivity index (χ1) is 15.5. The van der Waals surface area contributed by atoms with E-state index in [1.54, 1.807) is 53.1 Å². The summed E-state index contributed by atoms with van der Waals surface area (Å²) in [7, 11) is 1.53. The van der Waals surface area contributed by atoms with Crippen LogP contribution in [0.15, 0.2) is 66.9 Å². The number of amides is 1. The number of aromatic nitrogens is 1. The van der Waals surface area contributed by atoms with Crippen molar-refractivity contribution in [3.05, 3.63) is 77.6 Å². The van der Waals surface area contributed by atoms with Gasteiger partial charge < -0.3 is 23.9 Å². The van der Waals surface area contributed by atoms with Crippen LogP contribution < -0.4 is 19.5 Å². The number of carbonyl (C=O) groups excluding carboxylic acids is 2. The average Bonchev–Trinajstić information content (AvgIpc) is 3.42. The summed E-state index contributed by atoms with van der Waals surface area (Å²) in [6.07, 6.45) is 1.74. The van der Waals surface area contributed by atoms with E-state index >= 15 is 0 Å². The number of rotatable bonds is 5. The second kappa shape index (κ2) is 7.94. The maximum atomic E-state index is 13.3. The van der Waals surface area contributed by atoms with E-state index < -0.39 is 11.7 Å². The van der Waals surface area contributed by atoms with E-state index in [2.05, 4.69) is 5.32 Å². The molecule has 0 fully saturated rings. The summed E-state index contributed by atoms with van der Waals surface area (Å²) in [5.74, 6) is 0.166. The van der Waals surface area contributed by atoms with Crippen molar-refractivity contribution >= 4 is 34.5 Å². The molecular formula is C24H17ClN2O5. The van der Waals surface area contributed by atoms with Gasteiger partial charge in [0.05, 0.1) is 12.1 Å². The number of halogens is 1. The number of nitrogens with one attached hydrogen (secondary N) is 1. The standard InChI is InChI=1S/C24H17ClN2O5/c1-30-19-7-5-14(10-18(19)25)17-12-16-4-2-3-9-27(16)22(17)23(28)24(29)26-15-6-8-20-21(11-15)32-13-31-20/h2-12H,13H2,1H3,(H,26,29). The first-order valence-electron chi connectivity index (χ1n) is 9.74. The maximum Gasteiger partial charge on any atom is 0.298 e. The third-order valence-corrected chi connectivity index (χ3v) is 5.49. The van der Waals surface area contributed by atoms with Crippen LogP contribution >= 0.6 is 11.6 Å². The highest BCUT2D eigenvalue weighted by Crippen LogP contribution is 2.35. The number of benzene rings is 2. The van der Waals surface area contributed by atoms with Crippen LogP contribution in [-0.2, 0) is 4.79 Å². The number of carbonyl (C=O) groups is 2. The molecule has 0 bridgehead atoms. The van der Waals surface area contributed by atoms with Crippen LogP contribution in [0.3, 0.4) is 0 Å². The Morgan fingerprint density at radius 3 is 2.69 bits per heavy atom. The Balaban J connectivity index is 1.54. The Morgan fingerprint density at radius 1 is 1.03 bits per heavy atom. The molecule has 1 amide bonds. The Labute approximate surface area is 188 Å². The molecule has 1 aliphatic heterocycles. The van der Waals surface area contributed by atoms with Crippen LogP contribution in [0, 0.1) is 0 Å². The Kier molecular flexibility index (Phi) is 4.95. The van der Waals surface area contributed by atoms with E-state index in [4.69, 9.17) is 25.8 Å². The van der Waals surface area contributed by atoms with Gasteiger partial charge in [0.2, 0.25) is 6.79 Å². The van der Waals surface area contributed by atoms with E-state index in [0.717, 1.165) is 5.52 Å². The molecule has 0 aliphatic carbocycles. The quantitative estimate of drug-likeness (QED) is 0.350. The van der Waals surface area contributed by atoms with Crippen molar-refractivity contribution in [2.45, 2.75) is 0 Å². The molecule has 32 heavy (non-hydrogen) atoms. The molecule has 0 spiro atoms. The molecule has 0 unspecified atom stereocenters. The van der Waals surface area contributed by atoms with Gasteiger partial charge in [0.15, 0.2) is 11.5 Å². The predicted octanol–water partition coefficient (Wildman–Crippen LogP) is 4.82. The molecule has 160 valence electrons. The number of fused-ring (bicyclic) bond motifs is 2. The Hall–Kier alpha value is -3.97. The van der Waals surface area contributed by atoms with Gasteiger partial charge in [-0.15, -0.1) is 0 Å². The average molecular weight is 449 g/mol. The van der Waals surface area contributed by atoms with Crippen molar-refractivity contribution in [1.29, 1.82) is 0 Å². The van der Waals surface area contributed by atoms with Gasteiger partial charge in [-0.05, 0) is 48.0 Å². The molecule has 0 atom stereocenters. The third-order valence-electron chi connectivity index (χ3n) is 5.19.